The number of anilines is 4. The molecule has 45 heavy (non-hydrogen) atoms. The van der Waals surface area contributed by atoms with Gasteiger partial charge in [0.2, 0.25) is 0 Å². The van der Waals surface area contributed by atoms with Gasteiger partial charge in [0.05, 0.1) is 40.6 Å². The van der Waals surface area contributed by atoms with Crippen LogP contribution in [0.15, 0.2) is 79.1 Å². The van der Waals surface area contributed by atoms with Gasteiger partial charge in [-0.05, 0) is 112 Å². The molecule has 0 bridgehead atoms. The zero-order chi connectivity index (χ0) is 30.9. The van der Waals surface area contributed by atoms with E-state index in [0.29, 0.717) is 11.8 Å². The molecule has 1 aliphatic carbocycles. The molecule has 2 aromatic carbocycles. The van der Waals surface area contributed by atoms with E-state index < -0.39 is 0 Å². The van der Waals surface area contributed by atoms with Crippen molar-refractivity contribution < 1.29 is 4.74 Å². The van der Waals surface area contributed by atoms with Gasteiger partial charge in [-0.25, -0.2) is 4.98 Å². The highest BCUT2D eigenvalue weighted by atomic mass is 16.5. The fraction of sp³-hybridized carbons (Fsp3) is 0.297. The van der Waals surface area contributed by atoms with E-state index in [1.54, 1.807) is 6.20 Å². The molecule has 3 N–H and O–H groups in total. The number of aryl methyl sites for hydroxylation is 2. The highest BCUT2D eigenvalue weighted by Gasteiger charge is 2.67. The molecule has 8 rings (SSSR count). The second-order valence-corrected chi connectivity index (χ2v) is 12.9. The minimum Gasteiger partial charge on any atom is -0.375 e. The van der Waals surface area contributed by atoms with Crippen molar-refractivity contribution in [1.29, 1.82) is 0 Å². The molecule has 8 heteroatoms. The smallest absolute Gasteiger partial charge is 0.157 e. The third kappa shape index (κ3) is 4.80. The number of imidazole rings is 1. The van der Waals surface area contributed by atoms with Gasteiger partial charge >= 0.3 is 0 Å². The molecule has 5 heterocycles. The van der Waals surface area contributed by atoms with Gasteiger partial charge in [0.15, 0.2) is 5.82 Å². The Labute approximate surface area is 262 Å². The summed E-state index contributed by atoms with van der Waals surface area (Å²) >= 11 is 0. The first-order valence-electron chi connectivity index (χ1n) is 15.8. The van der Waals surface area contributed by atoms with E-state index in [-0.39, 0.29) is 17.6 Å². The molecule has 4 aromatic heterocycles. The van der Waals surface area contributed by atoms with Gasteiger partial charge in [-0.3, -0.25) is 15.0 Å². The Bertz CT molecular complexity index is 2070. The minimum absolute atomic E-state index is 0.179. The van der Waals surface area contributed by atoms with Crippen LogP contribution >= 0.6 is 0 Å². The lowest BCUT2D eigenvalue weighted by molar-refractivity contribution is -0.0431. The van der Waals surface area contributed by atoms with Crippen molar-refractivity contribution in [2.45, 2.75) is 58.7 Å². The van der Waals surface area contributed by atoms with Crippen molar-refractivity contribution in [3.63, 3.8) is 0 Å². The number of H-pyrrole nitrogens is 1. The molecule has 8 nitrogen and oxygen atoms in total. The number of rotatable bonds is 6. The van der Waals surface area contributed by atoms with Crippen LogP contribution in [0.2, 0.25) is 0 Å². The number of fused-ring (bicyclic) bond motifs is 3. The lowest BCUT2D eigenvalue weighted by Gasteiger charge is -2.32. The highest BCUT2D eigenvalue weighted by Crippen LogP contribution is 2.67. The standard InChI is InChI=1S/C37H37N7O/c1-20-14-27(12-13-38-20)41-26-7-10-31-34(17-26)44-36(43-31)32-11-8-28(19-39-32)42-33-15-21(2)40-30-9-6-25(16-29(30)33)37-18-22(3)45-24(5)35(37)23(37)4/h6-17,19,22-24,35H,18H2,1-5H3,(H,38,41)(H,40,42)(H,43,44)/t22-,23+,24+,35+,37+/m0/s1. The van der Waals surface area contributed by atoms with Crippen LogP contribution in [0.5, 0.6) is 0 Å². The van der Waals surface area contributed by atoms with E-state index in [9.17, 15) is 0 Å². The van der Waals surface area contributed by atoms with Gasteiger partial charge in [-0.15, -0.1) is 0 Å². The number of nitrogens with zero attached hydrogens (tertiary/aromatic N) is 4. The fourth-order valence-electron chi connectivity index (χ4n) is 7.87. The van der Waals surface area contributed by atoms with Crippen LogP contribution < -0.4 is 10.6 Å². The molecular weight excluding hydrogens is 558 g/mol. The number of benzene rings is 2. The summed E-state index contributed by atoms with van der Waals surface area (Å²) in [7, 11) is 0. The van der Waals surface area contributed by atoms with E-state index in [1.165, 1.54) is 5.56 Å². The maximum atomic E-state index is 6.21. The molecule has 0 radical (unpaired) electrons. The summed E-state index contributed by atoms with van der Waals surface area (Å²) in [5, 5.41) is 8.22. The van der Waals surface area contributed by atoms with Gasteiger partial charge < -0.3 is 20.4 Å². The van der Waals surface area contributed by atoms with Crippen LogP contribution in [-0.2, 0) is 10.2 Å². The van der Waals surface area contributed by atoms with Gasteiger partial charge in [0, 0.05) is 45.4 Å². The molecule has 1 saturated carbocycles. The fourth-order valence-corrected chi connectivity index (χ4v) is 7.87. The maximum absolute atomic E-state index is 6.21. The van der Waals surface area contributed by atoms with Crippen LogP contribution in [0.3, 0.4) is 0 Å². The second-order valence-electron chi connectivity index (χ2n) is 12.9. The Balaban J connectivity index is 1.06. The largest absolute Gasteiger partial charge is 0.375 e. The Morgan fingerprint density at radius 1 is 0.800 bits per heavy atom. The summed E-state index contributed by atoms with van der Waals surface area (Å²) in [6.45, 7) is 10.9. The third-order valence-corrected chi connectivity index (χ3v) is 9.84. The lowest BCUT2D eigenvalue weighted by Crippen LogP contribution is -2.33. The molecule has 1 aliphatic heterocycles. The summed E-state index contributed by atoms with van der Waals surface area (Å²) < 4.78 is 6.21. The molecule has 6 aromatic rings. The number of nitrogens with one attached hydrogen (secondary N) is 3. The first kappa shape index (κ1) is 27.7. The number of ether oxygens (including phenoxy) is 1. The van der Waals surface area contributed by atoms with Crippen molar-refractivity contribution in [2.75, 3.05) is 10.6 Å². The van der Waals surface area contributed by atoms with E-state index in [2.05, 4.69) is 77.8 Å². The number of aromatic nitrogens is 5. The Kier molecular flexibility index (Phi) is 6.39. The van der Waals surface area contributed by atoms with Gasteiger partial charge in [-0.2, -0.15) is 0 Å². The summed E-state index contributed by atoms with van der Waals surface area (Å²) in [4.78, 5) is 22.1. The molecule has 0 unspecified atom stereocenters. The Morgan fingerprint density at radius 2 is 1.62 bits per heavy atom. The summed E-state index contributed by atoms with van der Waals surface area (Å²) in [5.41, 5.74) is 11.1. The quantitative estimate of drug-likeness (QED) is 0.178. The normalized spacial score (nSPS) is 24.0. The van der Waals surface area contributed by atoms with E-state index in [1.807, 2.05) is 50.4 Å². The maximum Gasteiger partial charge on any atom is 0.157 e. The van der Waals surface area contributed by atoms with Gasteiger partial charge in [0.25, 0.3) is 0 Å². The monoisotopic (exact) mass is 595 g/mol. The average Bonchev–Trinajstić information content (AvgIpc) is 3.40. The van der Waals surface area contributed by atoms with Crippen molar-refractivity contribution in [3.05, 3.63) is 96.1 Å². The Hall–Kier alpha value is -4.82. The number of aromatic amines is 1. The van der Waals surface area contributed by atoms with Crippen molar-refractivity contribution in [2.24, 2.45) is 11.8 Å². The molecule has 1 saturated heterocycles. The molecular formula is C37H37N7O. The third-order valence-electron chi connectivity index (χ3n) is 9.84. The van der Waals surface area contributed by atoms with Crippen LogP contribution in [-0.4, -0.2) is 37.1 Å². The SMILES string of the molecule is Cc1cc(Nc2ccc3nc(-c4ccc(Nc5cc(C)nc6ccc([C@]78C[C@H](C)O[C@H](C)[C@H]7[C@H]8C)cc56)cn4)[nH]c3c2)ccn1. The summed E-state index contributed by atoms with van der Waals surface area (Å²) in [5.74, 6) is 1.90. The summed E-state index contributed by atoms with van der Waals surface area (Å²) in [6.07, 6.45) is 5.27. The molecule has 226 valence electrons. The van der Waals surface area contributed by atoms with Crippen LogP contribution in [0.1, 0.15) is 44.1 Å². The number of hydrogen-bond acceptors (Lipinski definition) is 7. The van der Waals surface area contributed by atoms with Crippen molar-refractivity contribution >= 4 is 44.7 Å². The molecule has 0 spiro atoms. The topological polar surface area (TPSA) is 101 Å². The van der Waals surface area contributed by atoms with Gasteiger partial charge in [-0.1, -0.05) is 13.0 Å². The minimum atomic E-state index is 0.179. The van der Waals surface area contributed by atoms with Gasteiger partial charge in [0.1, 0.15) is 5.69 Å². The molecule has 0 amide bonds. The van der Waals surface area contributed by atoms with Crippen molar-refractivity contribution in [3.8, 4) is 11.5 Å². The average molecular weight is 596 g/mol. The predicted octanol–water partition coefficient (Wildman–Crippen LogP) is 8.37. The lowest BCUT2D eigenvalue weighted by atomic mass is 9.83. The first-order chi connectivity index (χ1) is 21.8. The Morgan fingerprint density at radius 3 is 2.44 bits per heavy atom. The van der Waals surface area contributed by atoms with Crippen LogP contribution in [0.25, 0.3) is 33.5 Å². The molecule has 2 fully saturated rings. The zero-order valence-corrected chi connectivity index (χ0v) is 26.2. The zero-order valence-electron chi connectivity index (χ0n) is 26.2. The first-order valence-corrected chi connectivity index (χ1v) is 15.8. The predicted molar refractivity (Wildman–Crippen MR) is 180 cm³/mol. The molecule has 2 aliphatic rings. The number of pyridine rings is 3. The van der Waals surface area contributed by atoms with E-state index >= 15 is 0 Å². The highest BCUT2D eigenvalue weighted by molar-refractivity contribution is 5.94. The summed E-state index contributed by atoms with van der Waals surface area (Å²) in [6, 6.07) is 23.1. The number of hydrogen-bond donors (Lipinski definition) is 3. The van der Waals surface area contributed by atoms with E-state index in [4.69, 9.17) is 19.7 Å². The van der Waals surface area contributed by atoms with E-state index in [0.717, 1.165) is 74.0 Å². The van der Waals surface area contributed by atoms with Crippen LogP contribution in [0, 0.1) is 25.7 Å². The second kappa shape index (κ2) is 10.4. The van der Waals surface area contributed by atoms with Crippen LogP contribution in [0.4, 0.5) is 22.7 Å². The molecule has 5 atom stereocenters. The van der Waals surface area contributed by atoms with Crippen molar-refractivity contribution in [1.82, 2.24) is 24.9 Å².